The molecule has 4 aromatic heterocycles. The predicted molar refractivity (Wildman–Crippen MR) is 136 cm³/mol. The fourth-order valence-electron chi connectivity index (χ4n) is 3.65. The van der Waals surface area contributed by atoms with Crippen molar-refractivity contribution in [3.63, 3.8) is 0 Å². The molecule has 0 unspecified atom stereocenters. The average Bonchev–Trinajstić information content (AvgIpc) is 2.82. The van der Waals surface area contributed by atoms with Gasteiger partial charge in [0, 0.05) is 42.6 Å². The van der Waals surface area contributed by atoms with Crippen molar-refractivity contribution >= 4 is 11.6 Å². The standard InChI is InChI=1S/C26H25ClFN5O4/c1-14-8-17(28)18(30-11-14)13-37-20-9-16(3)33(24(34)22(20)27)19-10-21(31-12-15(19)2)32-7-6-29-23(25(32)35)26(4,5)36/h6-12,36H,13H2,1-5H3/i13D2. The minimum atomic E-state index is -2.73. The molecule has 9 nitrogen and oxygen atoms in total. The van der Waals surface area contributed by atoms with Crippen molar-refractivity contribution in [2.75, 3.05) is 0 Å². The molecule has 0 radical (unpaired) electrons. The lowest BCUT2D eigenvalue weighted by atomic mass is 10.1. The van der Waals surface area contributed by atoms with Crippen molar-refractivity contribution in [1.82, 2.24) is 24.1 Å². The van der Waals surface area contributed by atoms with E-state index in [9.17, 15) is 19.1 Å². The SMILES string of the molecule is [2H]C([2H])(Oc1cc(C)n(-c2cc(-n3ccnc(C(C)(C)O)c3=O)ncc2C)c(=O)c1Cl)c1ncc(C)cc1F. The van der Waals surface area contributed by atoms with E-state index < -0.39 is 39.8 Å². The largest absolute Gasteiger partial charge is 0.485 e. The predicted octanol–water partition coefficient (Wildman–Crippen LogP) is 3.70. The highest BCUT2D eigenvalue weighted by atomic mass is 35.5. The van der Waals surface area contributed by atoms with E-state index in [1.807, 2.05) is 0 Å². The Balaban J connectivity index is 1.81. The van der Waals surface area contributed by atoms with Gasteiger partial charge in [0.05, 0.1) is 8.43 Å². The topological polar surface area (TPSA) is 112 Å². The summed E-state index contributed by atoms with van der Waals surface area (Å²) in [6.07, 6.45) is 5.51. The monoisotopic (exact) mass is 527 g/mol. The molecule has 0 aliphatic carbocycles. The third kappa shape index (κ3) is 5.16. The average molecular weight is 528 g/mol. The van der Waals surface area contributed by atoms with Gasteiger partial charge in [0.2, 0.25) is 0 Å². The number of hydrogen-bond donors (Lipinski definition) is 1. The molecule has 1 N–H and O–H groups in total. The van der Waals surface area contributed by atoms with Crippen molar-refractivity contribution in [3.05, 3.63) is 103 Å². The number of pyridine rings is 3. The molecule has 11 heteroatoms. The minimum absolute atomic E-state index is 0.0828. The molecule has 0 fully saturated rings. The summed E-state index contributed by atoms with van der Waals surface area (Å²) in [6.45, 7) is 5.05. The first-order valence-corrected chi connectivity index (χ1v) is 11.5. The van der Waals surface area contributed by atoms with E-state index in [0.717, 1.165) is 6.07 Å². The van der Waals surface area contributed by atoms with Crippen molar-refractivity contribution in [2.24, 2.45) is 0 Å². The van der Waals surface area contributed by atoms with Crippen molar-refractivity contribution in [3.8, 4) is 17.3 Å². The Bertz CT molecular complexity index is 1720. The number of nitrogens with zero attached hydrogens (tertiary/aromatic N) is 5. The van der Waals surface area contributed by atoms with E-state index in [-0.39, 0.29) is 17.3 Å². The summed E-state index contributed by atoms with van der Waals surface area (Å²) >= 11 is 6.34. The molecule has 0 saturated heterocycles. The normalized spacial score (nSPS) is 12.8. The lowest BCUT2D eigenvalue weighted by Crippen LogP contribution is -2.33. The molecule has 4 rings (SSSR count). The van der Waals surface area contributed by atoms with Crippen LogP contribution in [0.4, 0.5) is 4.39 Å². The van der Waals surface area contributed by atoms with Crippen LogP contribution in [-0.2, 0) is 12.2 Å². The summed E-state index contributed by atoms with van der Waals surface area (Å²) < 4.78 is 38.7. The Labute approximate surface area is 219 Å². The molecule has 0 amide bonds. The molecular formula is C26H25ClFN5O4. The Kier molecular flexibility index (Phi) is 6.27. The molecule has 0 aromatic carbocycles. The van der Waals surface area contributed by atoms with Gasteiger partial charge in [0.15, 0.2) is 0 Å². The number of hydrogen-bond acceptors (Lipinski definition) is 7. The van der Waals surface area contributed by atoms with Gasteiger partial charge >= 0.3 is 0 Å². The maximum atomic E-state index is 14.4. The first-order valence-electron chi connectivity index (χ1n) is 12.1. The van der Waals surface area contributed by atoms with Gasteiger partial charge in [0.1, 0.15) is 46.0 Å². The zero-order valence-electron chi connectivity index (χ0n) is 22.7. The maximum Gasteiger partial charge on any atom is 0.280 e. The van der Waals surface area contributed by atoms with Gasteiger partial charge < -0.3 is 9.84 Å². The second-order valence-electron chi connectivity index (χ2n) is 8.99. The fourth-order valence-corrected chi connectivity index (χ4v) is 3.83. The molecule has 192 valence electrons. The van der Waals surface area contributed by atoms with Gasteiger partial charge in [0.25, 0.3) is 11.1 Å². The molecule has 0 bridgehead atoms. The number of aromatic nitrogens is 5. The Hall–Kier alpha value is -3.89. The quantitative estimate of drug-likeness (QED) is 0.407. The molecule has 0 spiro atoms. The lowest BCUT2D eigenvalue weighted by Gasteiger charge is -2.18. The van der Waals surface area contributed by atoms with Gasteiger partial charge in [-0.25, -0.2) is 9.37 Å². The van der Waals surface area contributed by atoms with Crippen LogP contribution in [-0.4, -0.2) is 29.2 Å². The zero-order chi connectivity index (χ0) is 28.9. The summed E-state index contributed by atoms with van der Waals surface area (Å²) in [5.74, 6) is -1.04. The van der Waals surface area contributed by atoms with Crippen molar-refractivity contribution in [2.45, 2.75) is 46.8 Å². The van der Waals surface area contributed by atoms with E-state index in [1.54, 1.807) is 20.8 Å². The molecule has 0 aliphatic heterocycles. The molecule has 0 saturated carbocycles. The van der Waals surface area contributed by atoms with Crippen LogP contribution in [0.2, 0.25) is 5.02 Å². The van der Waals surface area contributed by atoms with E-state index in [0.29, 0.717) is 22.5 Å². The van der Waals surface area contributed by atoms with Crippen LogP contribution in [0.25, 0.3) is 11.5 Å². The van der Waals surface area contributed by atoms with E-state index in [2.05, 4.69) is 15.0 Å². The summed E-state index contributed by atoms with van der Waals surface area (Å²) in [6, 6.07) is 3.97. The van der Waals surface area contributed by atoms with E-state index >= 15 is 0 Å². The van der Waals surface area contributed by atoms with Crippen molar-refractivity contribution in [1.29, 1.82) is 0 Å². The Morgan fingerprint density at radius 2 is 1.84 bits per heavy atom. The highest BCUT2D eigenvalue weighted by Crippen LogP contribution is 2.26. The minimum Gasteiger partial charge on any atom is -0.485 e. The number of halogens is 2. The summed E-state index contributed by atoms with van der Waals surface area (Å²) in [5, 5.41) is 9.86. The van der Waals surface area contributed by atoms with Gasteiger partial charge in [-0.2, -0.15) is 0 Å². The number of aryl methyl sites for hydroxylation is 3. The van der Waals surface area contributed by atoms with E-state index in [4.69, 9.17) is 19.1 Å². The lowest BCUT2D eigenvalue weighted by molar-refractivity contribution is 0.0718. The van der Waals surface area contributed by atoms with Crippen LogP contribution >= 0.6 is 11.6 Å². The van der Waals surface area contributed by atoms with Gasteiger partial charge in [-0.05, 0) is 51.8 Å². The third-order valence-corrected chi connectivity index (χ3v) is 5.85. The molecule has 0 atom stereocenters. The second kappa shape index (κ2) is 9.87. The summed E-state index contributed by atoms with van der Waals surface area (Å²) in [5.41, 5.74) is -1.76. The maximum absolute atomic E-state index is 14.4. The van der Waals surface area contributed by atoms with Crippen LogP contribution in [0.1, 0.15) is 44.8 Å². The molecule has 37 heavy (non-hydrogen) atoms. The number of ether oxygens (including phenoxy) is 1. The van der Waals surface area contributed by atoms with Gasteiger partial charge in [-0.1, -0.05) is 11.6 Å². The van der Waals surface area contributed by atoms with Crippen LogP contribution in [0.15, 0.2) is 52.6 Å². The number of rotatable bonds is 6. The smallest absolute Gasteiger partial charge is 0.280 e. The van der Waals surface area contributed by atoms with Gasteiger partial charge in [-0.3, -0.25) is 28.7 Å². The second-order valence-corrected chi connectivity index (χ2v) is 9.37. The van der Waals surface area contributed by atoms with Gasteiger partial charge in [-0.15, -0.1) is 0 Å². The third-order valence-electron chi connectivity index (χ3n) is 5.50. The van der Waals surface area contributed by atoms with E-state index in [1.165, 1.54) is 59.9 Å². The van der Waals surface area contributed by atoms with Crippen LogP contribution < -0.4 is 15.9 Å². The Morgan fingerprint density at radius 3 is 2.51 bits per heavy atom. The zero-order valence-corrected chi connectivity index (χ0v) is 21.5. The molecule has 4 heterocycles. The fraction of sp³-hybridized carbons (Fsp3) is 0.269. The summed E-state index contributed by atoms with van der Waals surface area (Å²) in [4.78, 5) is 38.5. The van der Waals surface area contributed by atoms with Crippen LogP contribution in [0, 0.1) is 26.6 Å². The van der Waals surface area contributed by atoms with Crippen molar-refractivity contribution < 1.29 is 17.0 Å². The highest BCUT2D eigenvalue weighted by Gasteiger charge is 2.24. The Morgan fingerprint density at radius 1 is 1.11 bits per heavy atom. The molecular weight excluding hydrogens is 501 g/mol. The molecule has 0 aliphatic rings. The van der Waals surface area contributed by atoms with Crippen LogP contribution in [0.3, 0.4) is 0 Å². The first-order chi connectivity index (χ1) is 18.1. The van der Waals surface area contributed by atoms with Crippen LogP contribution in [0.5, 0.6) is 5.75 Å². The first kappa shape index (κ1) is 23.5. The summed E-state index contributed by atoms with van der Waals surface area (Å²) in [7, 11) is 0. The highest BCUT2D eigenvalue weighted by molar-refractivity contribution is 6.31. The molecule has 4 aromatic rings. The number of aliphatic hydroxyl groups is 1.